The van der Waals surface area contributed by atoms with E-state index in [1.54, 1.807) is 42.5 Å². The highest BCUT2D eigenvalue weighted by molar-refractivity contribution is 5.86. The molecule has 0 aliphatic heterocycles. The average molecular weight is 336 g/mol. The minimum absolute atomic E-state index is 0.0954. The molecule has 126 valence electrons. The van der Waals surface area contributed by atoms with Crippen molar-refractivity contribution in [1.29, 1.82) is 0 Å². The van der Waals surface area contributed by atoms with Gasteiger partial charge in [0.05, 0.1) is 23.3 Å². The van der Waals surface area contributed by atoms with Gasteiger partial charge in [-0.1, -0.05) is 12.1 Å². The maximum Gasteiger partial charge on any atom is 0.341 e. The van der Waals surface area contributed by atoms with Gasteiger partial charge in [-0.05, 0) is 43.3 Å². The molecule has 0 unspecified atom stereocenters. The third-order valence-electron chi connectivity index (χ3n) is 4.04. The minimum Gasteiger partial charge on any atom is -0.494 e. The topological polar surface area (TPSA) is 94.8 Å². The molecule has 0 atom stereocenters. The van der Waals surface area contributed by atoms with Crippen molar-refractivity contribution in [2.75, 3.05) is 12.3 Å². The number of imidazole rings is 1. The van der Waals surface area contributed by atoms with Crippen LogP contribution in [0.2, 0.25) is 0 Å². The molecule has 4 rings (SSSR count). The summed E-state index contributed by atoms with van der Waals surface area (Å²) in [5.74, 6) is 0.539. The van der Waals surface area contributed by atoms with Crippen LogP contribution in [0.15, 0.2) is 53.3 Å². The molecule has 0 saturated heterocycles. The molecular weight excluding hydrogens is 320 g/mol. The van der Waals surface area contributed by atoms with E-state index in [1.165, 1.54) is 8.97 Å². The Bertz CT molecular complexity index is 1140. The molecule has 0 saturated carbocycles. The molecule has 2 heterocycles. The molecule has 0 radical (unpaired) electrons. The molecule has 2 aromatic carbocycles. The molecule has 7 heteroatoms. The molecule has 25 heavy (non-hydrogen) atoms. The first kappa shape index (κ1) is 15.1. The van der Waals surface area contributed by atoms with Crippen LogP contribution in [0.5, 0.6) is 11.6 Å². The summed E-state index contributed by atoms with van der Waals surface area (Å²) in [5.41, 5.74) is 7.43. The Kier molecular flexibility index (Phi) is 3.35. The second-order valence-corrected chi connectivity index (χ2v) is 5.54. The number of fused-ring (bicyclic) bond motifs is 3. The summed E-state index contributed by atoms with van der Waals surface area (Å²) in [4.78, 5) is 17.3. The van der Waals surface area contributed by atoms with E-state index >= 15 is 0 Å². The Labute approximate surface area is 142 Å². The fraction of sp³-hybridized carbons (Fsp3) is 0.111. The van der Waals surface area contributed by atoms with Gasteiger partial charge in [-0.2, -0.15) is 0 Å². The Morgan fingerprint density at radius 3 is 2.60 bits per heavy atom. The normalized spacial score (nSPS) is 11.2. The van der Waals surface area contributed by atoms with Gasteiger partial charge in [0.2, 0.25) is 5.88 Å². The Balaban J connectivity index is 2.04. The summed E-state index contributed by atoms with van der Waals surface area (Å²) >= 11 is 0. The zero-order valence-corrected chi connectivity index (χ0v) is 13.5. The molecule has 0 amide bonds. The number of rotatable bonds is 3. The highest BCUT2D eigenvalue weighted by Gasteiger charge is 2.20. The van der Waals surface area contributed by atoms with Crippen molar-refractivity contribution in [3.63, 3.8) is 0 Å². The number of aromatic hydroxyl groups is 1. The third-order valence-corrected chi connectivity index (χ3v) is 4.04. The SMILES string of the molecule is CCOc1ccc(-n2c(O)c3c(N)nc4ccccc4n3c2=O)cc1. The van der Waals surface area contributed by atoms with Gasteiger partial charge in [0, 0.05) is 0 Å². The summed E-state index contributed by atoms with van der Waals surface area (Å²) in [6, 6.07) is 14.0. The largest absolute Gasteiger partial charge is 0.494 e. The zero-order valence-electron chi connectivity index (χ0n) is 13.5. The molecule has 7 nitrogen and oxygen atoms in total. The number of anilines is 1. The minimum atomic E-state index is -0.415. The fourth-order valence-electron chi connectivity index (χ4n) is 2.97. The fourth-order valence-corrected chi connectivity index (χ4v) is 2.97. The van der Waals surface area contributed by atoms with Gasteiger partial charge in [0.25, 0.3) is 0 Å². The van der Waals surface area contributed by atoms with E-state index < -0.39 is 5.69 Å². The molecule has 0 fully saturated rings. The number of nitrogen functional groups attached to an aromatic ring is 1. The van der Waals surface area contributed by atoms with E-state index in [-0.39, 0.29) is 17.2 Å². The van der Waals surface area contributed by atoms with Gasteiger partial charge in [-0.3, -0.25) is 4.40 Å². The van der Waals surface area contributed by atoms with E-state index in [4.69, 9.17) is 10.5 Å². The van der Waals surface area contributed by atoms with Crippen molar-refractivity contribution in [3.05, 3.63) is 59.0 Å². The van der Waals surface area contributed by atoms with Crippen molar-refractivity contribution >= 4 is 22.4 Å². The molecule has 0 bridgehead atoms. The first-order valence-corrected chi connectivity index (χ1v) is 7.85. The maximum absolute atomic E-state index is 13.0. The second-order valence-electron chi connectivity index (χ2n) is 5.54. The number of hydrogen-bond acceptors (Lipinski definition) is 5. The van der Waals surface area contributed by atoms with Gasteiger partial charge in [0.15, 0.2) is 11.3 Å². The molecule has 0 spiro atoms. The zero-order chi connectivity index (χ0) is 17.6. The number of nitrogens with zero attached hydrogens (tertiary/aromatic N) is 3. The summed E-state index contributed by atoms with van der Waals surface area (Å²) in [5, 5.41) is 10.6. The van der Waals surface area contributed by atoms with Crippen molar-refractivity contribution < 1.29 is 9.84 Å². The highest BCUT2D eigenvalue weighted by Crippen LogP contribution is 2.28. The number of benzene rings is 2. The van der Waals surface area contributed by atoms with E-state index in [0.717, 1.165) is 0 Å². The van der Waals surface area contributed by atoms with Crippen molar-refractivity contribution in [1.82, 2.24) is 14.0 Å². The van der Waals surface area contributed by atoms with Crippen LogP contribution in [0.3, 0.4) is 0 Å². The number of nitrogens with two attached hydrogens (primary N) is 1. The first-order valence-electron chi connectivity index (χ1n) is 7.85. The van der Waals surface area contributed by atoms with Crippen molar-refractivity contribution in [2.45, 2.75) is 6.92 Å². The smallest absolute Gasteiger partial charge is 0.341 e. The van der Waals surface area contributed by atoms with Crippen LogP contribution in [0.25, 0.3) is 22.2 Å². The standard InChI is InChI=1S/C18H16N4O3/c1-2-25-12-9-7-11(8-10-12)21-17(23)15-16(19)20-13-5-3-4-6-14(13)22(15)18(21)24/h3-10,23H,2H2,1H3,(H2,19,20). The van der Waals surface area contributed by atoms with Crippen LogP contribution in [-0.4, -0.2) is 25.7 Å². The van der Waals surface area contributed by atoms with Gasteiger partial charge >= 0.3 is 5.69 Å². The first-order chi connectivity index (χ1) is 12.1. The number of aromatic nitrogens is 3. The second kappa shape index (κ2) is 5.55. The molecule has 2 aromatic heterocycles. The van der Waals surface area contributed by atoms with Crippen LogP contribution in [0, 0.1) is 0 Å². The van der Waals surface area contributed by atoms with Crippen molar-refractivity contribution in [3.8, 4) is 17.3 Å². The van der Waals surface area contributed by atoms with Crippen LogP contribution < -0.4 is 16.2 Å². The molecule has 4 aromatic rings. The van der Waals surface area contributed by atoms with Gasteiger partial charge in [0.1, 0.15) is 5.75 Å². The molecular formula is C18H16N4O3. The summed E-state index contributed by atoms with van der Waals surface area (Å²) in [7, 11) is 0. The van der Waals surface area contributed by atoms with Crippen LogP contribution >= 0.6 is 0 Å². The summed E-state index contributed by atoms with van der Waals surface area (Å²) in [6.45, 7) is 2.44. The predicted octanol–water partition coefficient (Wildman–Crippen LogP) is 2.32. The Hall–Kier alpha value is -3.48. The summed E-state index contributed by atoms with van der Waals surface area (Å²) < 4.78 is 7.99. The van der Waals surface area contributed by atoms with Gasteiger partial charge in [-0.15, -0.1) is 0 Å². The Morgan fingerprint density at radius 1 is 1.16 bits per heavy atom. The quantitative estimate of drug-likeness (QED) is 0.599. The van der Waals surface area contributed by atoms with Crippen LogP contribution in [-0.2, 0) is 0 Å². The number of hydrogen-bond donors (Lipinski definition) is 2. The predicted molar refractivity (Wildman–Crippen MR) is 95.5 cm³/mol. The van der Waals surface area contributed by atoms with Crippen LogP contribution in [0.1, 0.15) is 6.92 Å². The molecule has 3 N–H and O–H groups in total. The average Bonchev–Trinajstić information content (AvgIpc) is 2.88. The van der Waals surface area contributed by atoms with Gasteiger partial charge < -0.3 is 15.6 Å². The van der Waals surface area contributed by atoms with Crippen molar-refractivity contribution in [2.24, 2.45) is 0 Å². The molecule has 0 aliphatic rings. The maximum atomic E-state index is 13.0. The van der Waals surface area contributed by atoms with E-state index in [1.807, 2.05) is 13.0 Å². The number of para-hydroxylation sites is 2. The van der Waals surface area contributed by atoms with E-state index in [9.17, 15) is 9.90 Å². The van der Waals surface area contributed by atoms with E-state index in [2.05, 4.69) is 4.98 Å². The van der Waals surface area contributed by atoms with E-state index in [0.29, 0.717) is 29.1 Å². The Morgan fingerprint density at radius 2 is 1.88 bits per heavy atom. The summed E-state index contributed by atoms with van der Waals surface area (Å²) in [6.07, 6.45) is 0. The lowest BCUT2D eigenvalue weighted by molar-refractivity contribution is 0.340. The monoisotopic (exact) mass is 336 g/mol. The molecule has 0 aliphatic carbocycles. The lowest BCUT2D eigenvalue weighted by Crippen LogP contribution is -2.19. The number of ether oxygens (including phenoxy) is 1. The lowest BCUT2D eigenvalue weighted by atomic mass is 10.3. The lowest BCUT2D eigenvalue weighted by Gasteiger charge is -2.05. The highest BCUT2D eigenvalue weighted by atomic mass is 16.5. The van der Waals surface area contributed by atoms with Crippen LogP contribution in [0.4, 0.5) is 5.82 Å². The van der Waals surface area contributed by atoms with Gasteiger partial charge in [-0.25, -0.2) is 14.3 Å². The third kappa shape index (κ3) is 2.20.